The fourth-order valence-corrected chi connectivity index (χ4v) is 3.27. The molecule has 0 aliphatic rings. The molecule has 1 amide bonds. The van der Waals surface area contributed by atoms with Crippen molar-refractivity contribution in [3.05, 3.63) is 66.2 Å². The summed E-state index contributed by atoms with van der Waals surface area (Å²) >= 11 is 0. The van der Waals surface area contributed by atoms with Crippen molar-refractivity contribution < 1.29 is 23.1 Å². The van der Waals surface area contributed by atoms with E-state index in [0.29, 0.717) is 11.3 Å². The van der Waals surface area contributed by atoms with Crippen molar-refractivity contribution in [2.45, 2.75) is 17.9 Å². The predicted octanol–water partition coefficient (Wildman–Crippen LogP) is 2.09. The number of carboxylic acids is 1. The van der Waals surface area contributed by atoms with Crippen LogP contribution in [0.3, 0.4) is 0 Å². The summed E-state index contributed by atoms with van der Waals surface area (Å²) < 4.78 is 26.8. The number of amides is 1. The summed E-state index contributed by atoms with van der Waals surface area (Å²) in [6.45, 7) is 1.44. The summed E-state index contributed by atoms with van der Waals surface area (Å²) in [5.41, 5.74) is 1.12. The summed E-state index contributed by atoms with van der Waals surface area (Å²) in [4.78, 5) is 22.7. The van der Waals surface area contributed by atoms with Crippen LogP contribution in [0.4, 0.5) is 5.69 Å². The highest BCUT2D eigenvalue weighted by Gasteiger charge is 2.21. The largest absolute Gasteiger partial charge is 0.478 e. The van der Waals surface area contributed by atoms with Gasteiger partial charge in [0.05, 0.1) is 10.9 Å². The van der Waals surface area contributed by atoms with E-state index in [9.17, 15) is 18.0 Å². The number of rotatable bonds is 7. The lowest BCUT2D eigenvalue weighted by Gasteiger charge is -2.14. The van der Waals surface area contributed by atoms with E-state index in [1.165, 1.54) is 25.1 Å². The van der Waals surface area contributed by atoms with Gasteiger partial charge in [-0.25, -0.2) is 13.2 Å². The molecule has 0 aromatic heterocycles. The van der Waals surface area contributed by atoms with Crippen molar-refractivity contribution in [1.29, 1.82) is 0 Å². The molecule has 0 bridgehead atoms. The normalized spacial score (nSPS) is 12.7. The molecule has 7 nitrogen and oxygen atoms in total. The maximum atomic E-state index is 12.2. The zero-order valence-electron chi connectivity index (χ0n) is 13.9. The van der Waals surface area contributed by atoms with E-state index in [0.717, 1.165) is 6.08 Å². The monoisotopic (exact) mass is 374 g/mol. The number of hydrogen-bond donors (Lipinski definition) is 3. The van der Waals surface area contributed by atoms with Gasteiger partial charge in [-0.15, -0.1) is 0 Å². The van der Waals surface area contributed by atoms with Gasteiger partial charge in [-0.1, -0.05) is 30.3 Å². The van der Waals surface area contributed by atoms with Crippen molar-refractivity contribution in [3.63, 3.8) is 0 Å². The molecule has 0 radical (unpaired) electrons. The molecule has 2 rings (SSSR count). The molecule has 3 N–H and O–H groups in total. The molecule has 1 atom stereocenters. The van der Waals surface area contributed by atoms with Crippen LogP contribution in [0, 0.1) is 0 Å². The van der Waals surface area contributed by atoms with Gasteiger partial charge in [0.2, 0.25) is 15.9 Å². The Balaban J connectivity index is 2.00. The number of hydrogen-bond acceptors (Lipinski definition) is 4. The van der Waals surface area contributed by atoms with Crippen molar-refractivity contribution in [2.75, 3.05) is 5.32 Å². The molecule has 1 unspecified atom stereocenters. The van der Waals surface area contributed by atoms with E-state index in [1.54, 1.807) is 42.5 Å². The fraction of sp³-hybridized carbons (Fsp3) is 0.111. The molecule has 8 heteroatoms. The summed E-state index contributed by atoms with van der Waals surface area (Å²) in [6, 6.07) is 13.3. The Kier molecular flexibility index (Phi) is 6.26. The van der Waals surface area contributed by atoms with Gasteiger partial charge in [-0.05, 0) is 42.8 Å². The third kappa shape index (κ3) is 5.54. The highest BCUT2D eigenvalue weighted by atomic mass is 32.2. The van der Waals surface area contributed by atoms with Gasteiger partial charge in [-0.3, -0.25) is 4.79 Å². The molecule has 2 aromatic rings. The number of nitrogens with one attached hydrogen (secondary N) is 2. The van der Waals surface area contributed by atoms with E-state index >= 15 is 0 Å². The van der Waals surface area contributed by atoms with Crippen LogP contribution in [0.15, 0.2) is 65.6 Å². The Labute approximate surface area is 151 Å². The molecule has 0 spiro atoms. The first-order chi connectivity index (χ1) is 12.3. The predicted molar refractivity (Wildman–Crippen MR) is 98.0 cm³/mol. The van der Waals surface area contributed by atoms with Gasteiger partial charge < -0.3 is 10.4 Å². The van der Waals surface area contributed by atoms with Crippen molar-refractivity contribution in [1.82, 2.24) is 4.72 Å². The van der Waals surface area contributed by atoms with Gasteiger partial charge in [-0.2, -0.15) is 4.72 Å². The summed E-state index contributed by atoms with van der Waals surface area (Å²) in [6.07, 6.45) is 2.43. The highest BCUT2D eigenvalue weighted by Crippen LogP contribution is 2.12. The second kappa shape index (κ2) is 8.41. The smallest absolute Gasteiger partial charge is 0.328 e. The number of carbonyl (C=O) groups is 2. The number of benzene rings is 2. The second-order valence-corrected chi connectivity index (χ2v) is 7.15. The van der Waals surface area contributed by atoms with Crippen LogP contribution in [0.5, 0.6) is 0 Å². The average Bonchev–Trinajstić information content (AvgIpc) is 2.61. The molecule has 0 aliphatic carbocycles. The maximum Gasteiger partial charge on any atom is 0.328 e. The molecule has 0 aliphatic heterocycles. The molecular weight excluding hydrogens is 356 g/mol. The number of sulfonamides is 1. The summed E-state index contributed by atoms with van der Waals surface area (Å²) in [5, 5.41) is 11.2. The number of carboxylic acid groups (broad SMARTS) is 1. The Morgan fingerprint density at radius 3 is 2.23 bits per heavy atom. The van der Waals surface area contributed by atoms with Crippen LogP contribution in [0.2, 0.25) is 0 Å². The summed E-state index contributed by atoms with van der Waals surface area (Å²) in [5.74, 6) is -1.57. The number of anilines is 1. The summed E-state index contributed by atoms with van der Waals surface area (Å²) in [7, 11) is -3.79. The van der Waals surface area contributed by atoms with Crippen molar-refractivity contribution in [3.8, 4) is 0 Å². The molecule has 0 heterocycles. The highest BCUT2D eigenvalue weighted by molar-refractivity contribution is 7.89. The zero-order valence-corrected chi connectivity index (χ0v) is 14.7. The lowest BCUT2D eigenvalue weighted by Crippen LogP contribution is -2.41. The van der Waals surface area contributed by atoms with E-state index in [2.05, 4.69) is 10.0 Å². The Morgan fingerprint density at radius 2 is 1.65 bits per heavy atom. The van der Waals surface area contributed by atoms with Crippen LogP contribution in [-0.2, 0) is 19.6 Å². The molecule has 136 valence electrons. The quantitative estimate of drug-likeness (QED) is 0.643. The third-order valence-corrected chi connectivity index (χ3v) is 4.93. The van der Waals surface area contributed by atoms with Crippen molar-refractivity contribution >= 4 is 33.7 Å². The van der Waals surface area contributed by atoms with Crippen LogP contribution < -0.4 is 10.0 Å². The van der Waals surface area contributed by atoms with E-state index in [4.69, 9.17) is 5.11 Å². The first kappa shape index (κ1) is 19.4. The van der Waals surface area contributed by atoms with E-state index in [1.807, 2.05) is 0 Å². The topological polar surface area (TPSA) is 113 Å². The minimum Gasteiger partial charge on any atom is -0.478 e. The van der Waals surface area contributed by atoms with Crippen LogP contribution in [0.1, 0.15) is 12.5 Å². The van der Waals surface area contributed by atoms with Gasteiger partial charge in [0.25, 0.3) is 0 Å². The van der Waals surface area contributed by atoms with Crippen LogP contribution in [0.25, 0.3) is 6.08 Å². The minimum absolute atomic E-state index is 0.0780. The fourth-order valence-electron chi connectivity index (χ4n) is 2.05. The molecule has 0 fully saturated rings. The standard InChI is InChI=1S/C18H18N2O5S/c1-13(20-26(24,25)16-5-3-2-4-6-16)18(23)19-15-10-7-14(8-11-15)9-12-17(21)22/h2-13,20H,1H3,(H,19,23)(H,21,22). The maximum absolute atomic E-state index is 12.2. The molecule has 0 saturated carbocycles. The van der Waals surface area contributed by atoms with Gasteiger partial charge in [0, 0.05) is 11.8 Å². The van der Waals surface area contributed by atoms with Crippen LogP contribution in [-0.4, -0.2) is 31.4 Å². The Morgan fingerprint density at radius 1 is 1.04 bits per heavy atom. The minimum atomic E-state index is -3.79. The zero-order chi connectivity index (χ0) is 19.2. The second-order valence-electron chi connectivity index (χ2n) is 5.44. The van der Waals surface area contributed by atoms with Crippen molar-refractivity contribution in [2.24, 2.45) is 0 Å². The average molecular weight is 374 g/mol. The Hall–Kier alpha value is -2.97. The number of aliphatic carboxylic acids is 1. The lowest BCUT2D eigenvalue weighted by atomic mass is 10.2. The van der Waals surface area contributed by atoms with Gasteiger partial charge in [0.1, 0.15) is 0 Å². The number of carbonyl (C=O) groups excluding carboxylic acids is 1. The van der Waals surface area contributed by atoms with E-state index in [-0.39, 0.29) is 4.90 Å². The SMILES string of the molecule is CC(NS(=O)(=O)c1ccccc1)C(=O)Nc1ccc(C=CC(=O)O)cc1. The molecule has 2 aromatic carbocycles. The molecule has 26 heavy (non-hydrogen) atoms. The third-order valence-electron chi connectivity index (χ3n) is 3.38. The lowest BCUT2D eigenvalue weighted by molar-refractivity contribution is -0.131. The van der Waals surface area contributed by atoms with Gasteiger partial charge in [0.15, 0.2) is 0 Å². The van der Waals surface area contributed by atoms with E-state index < -0.39 is 27.9 Å². The molecule has 0 saturated heterocycles. The first-order valence-electron chi connectivity index (χ1n) is 7.67. The molecular formula is C18H18N2O5S. The van der Waals surface area contributed by atoms with Gasteiger partial charge >= 0.3 is 5.97 Å². The van der Waals surface area contributed by atoms with Crippen LogP contribution >= 0.6 is 0 Å². The first-order valence-corrected chi connectivity index (χ1v) is 9.15. The Bertz CT molecular complexity index is 906.